The Morgan fingerprint density at radius 3 is 2.47 bits per heavy atom. The normalized spacial score (nSPS) is 14.1. The van der Waals surface area contributed by atoms with Crippen molar-refractivity contribution in [3.8, 4) is 0 Å². The summed E-state index contributed by atoms with van der Waals surface area (Å²) in [5.41, 5.74) is -0.858. The Labute approximate surface area is 98.6 Å². The number of rotatable bonds is 8. The molecule has 0 aromatic heterocycles. The lowest BCUT2D eigenvalue weighted by Gasteiger charge is -2.15. The van der Waals surface area contributed by atoms with Gasteiger partial charge in [-0.25, -0.2) is 5.06 Å². The third-order valence-corrected chi connectivity index (χ3v) is 3.76. The molecule has 4 N–H and O–H groups in total. The fourth-order valence-corrected chi connectivity index (χ4v) is 1.59. The number of carbonyl (C=O) groups is 2. The van der Waals surface area contributed by atoms with Crippen molar-refractivity contribution in [1.29, 1.82) is 0 Å². The molecule has 0 aliphatic carbocycles. The molecule has 0 rings (SSSR count). The second-order valence-corrected chi connectivity index (χ2v) is 5.80. The molecule has 100 valence electrons. The van der Waals surface area contributed by atoms with Crippen molar-refractivity contribution in [1.82, 2.24) is 10.4 Å². The van der Waals surface area contributed by atoms with Crippen LogP contribution in [0, 0.1) is 0 Å². The predicted octanol–water partition coefficient (Wildman–Crippen LogP) is -1.05. The SMILES string of the molecule is CCP(=O)(O)C(=O)CNCN(O)C(=O)CCO. The van der Waals surface area contributed by atoms with E-state index in [-0.39, 0.29) is 24.3 Å². The van der Waals surface area contributed by atoms with Crippen LogP contribution in [-0.4, -0.2) is 57.7 Å². The second kappa shape index (κ2) is 7.52. The van der Waals surface area contributed by atoms with Crippen LogP contribution in [0.4, 0.5) is 0 Å². The molecule has 1 amide bonds. The highest BCUT2D eigenvalue weighted by Gasteiger charge is 2.25. The first-order valence-corrected chi connectivity index (χ1v) is 6.85. The fourth-order valence-electron chi connectivity index (χ4n) is 0.881. The number of amides is 1. The molecule has 8 nitrogen and oxygen atoms in total. The van der Waals surface area contributed by atoms with Crippen molar-refractivity contribution in [3.05, 3.63) is 0 Å². The van der Waals surface area contributed by atoms with Crippen molar-refractivity contribution in [2.45, 2.75) is 13.3 Å². The lowest BCUT2D eigenvalue weighted by molar-refractivity contribution is -0.167. The number of nitrogens with zero attached hydrogens (tertiary/aromatic N) is 1. The summed E-state index contributed by atoms with van der Waals surface area (Å²) in [6.07, 6.45) is -0.390. The number of hydrogen-bond donors (Lipinski definition) is 4. The van der Waals surface area contributed by atoms with Crippen LogP contribution in [0.1, 0.15) is 13.3 Å². The van der Waals surface area contributed by atoms with Crippen molar-refractivity contribution < 1.29 is 29.4 Å². The largest absolute Gasteiger partial charge is 0.396 e. The molecule has 0 bridgehead atoms. The van der Waals surface area contributed by atoms with Crippen LogP contribution in [0.2, 0.25) is 0 Å². The minimum absolute atomic E-state index is 0.153. The summed E-state index contributed by atoms with van der Waals surface area (Å²) in [5, 5.41) is 20.2. The minimum Gasteiger partial charge on any atom is -0.396 e. The summed E-state index contributed by atoms with van der Waals surface area (Å²) in [4.78, 5) is 31.3. The number of aliphatic hydroxyl groups excluding tert-OH is 1. The lowest BCUT2D eigenvalue weighted by Crippen LogP contribution is -2.38. The molecular formula is C8H17N2O6P. The van der Waals surface area contributed by atoms with Gasteiger partial charge in [0.05, 0.1) is 26.2 Å². The predicted molar refractivity (Wildman–Crippen MR) is 58.6 cm³/mol. The van der Waals surface area contributed by atoms with Crippen LogP contribution in [0.5, 0.6) is 0 Å². The van der Waals surface area contributed by atoms with E-state index in [4.69, 9.17) is 15.2 Å². The Bertz CT molecular complexity index is 321. The molecule has 0 aromatic carbocycles. The van der Waals surface area contributed by atoms with Gasteiger partial charge in [0, 0.05) is 6.16 Å². The average molecular weight is 268 g/mol. The van der Waals surface area contributed by atoms with Crippen molar-refractivity contribution >= 4 is 18.8 Å². The number of hydroxylamine groups is 2. The van der Waals surface area contributed by atoms with E-state index >= 15 is 0 Å². The monoisotopic (exact) mass is 268 g/mol. The third-order valence-electron chi connectivity index (χ3n) is 1.97. The Kier molecular flexibility index (Phi) is 7.17. The molecule has 17 heavy (non-hydrogen) atoms. The molecule has 0 aromatic rings. The van der Waals surface area contributed by atoms with Crippen LogP contribution in [0.3, 0.4) is 0 Å². The third kappa shape index (κ3) is 5.90. The van der Waals surface area contributed by atoms with E-state index in [2.05, 4.69) is 5.32 Å². The molecule has 9 heteroatoms. The highest BCUT2D eigenvalue weighted by Crippen LogP contribution is 2.40. The quantitative estimate of drug-likeness (QED) is 0.191. The average Bonchev–Trinajstić information content (AvgIpc) is 2.28. The maximum absolute atomic E-state index is 11.2. The molecule has 0 aliphatic rings. The summed E-state index contributed by atoms with van der Waals surface area (Å²) in [6.45, 7) is 0.262. The zero-order chi connectivity index (χ0) is 13.5. The molecule has 0 radical (unpaired) electrons. The summed E-state index contributed by atoms with van der Waals surface area (Å²) < 4.78 is 11.2. The number of nitrogens with one attached hydrogen (secondary N) is 1. The van der Waals surface area contributed by atoms with Gasteiger partial charge in [0.1, 0.15) is 0 Å². The lowest BCUT2D eigenvalue weighted by atomic mass is 10.4. The first kappa shape index (κ1) is 16.2. The van der Waals surface area contributed by atoms with E-state index in [1.165, 1.54) is 6.92 Å². The molecule has 0 saturated heterocycles. The maximum Gasteiger partial charge on any atom is 0.265 e. The summed E-state index contributed by atoms with van der Waals surface area (Å²) in [6, 6.07) is 0. The van der Waals surface area contributed by atoms with Gasteiger partial charge in [0.2, 0.25) is 11.4 Å². The van der Waals surface area contributed by atoms with Gasteiger partial charge in [-0.3, -0.25) is 24.7 Å². The number of hydrogen-bond acceptors (Lipinski definition) is 6. The first-order chi connectivity index (χ1) is 7.85. The zero-order valence-corrected chi connectivity index (χ0v) is 10.4. The van der Waals surface area contributed by atoms with Gasteiger partial charge in [-0.2, -0.15) is 0 Å². The number of aliphatic hydroxyl groups is 1. The topological polar surface area (TPSA) is 127 Å². The van der Waals surface area contributed by atoms with E-state index in [0.717, 1.165) is 0 Å². The highest BCUT2D eigenvalue weighted by molar-refractivity contribution is 7.75. The second-order valence-electron chi connectivity index (χ2n) is 3.26. The van der Waals surface area contributed by atoms with Gasteiger partial charge in [-0.15, -0.1) is 0 Å². The fraction of sp³-hybridized carbons (Fsp3) is 0.750. The van der Waals surface area contributed by atoms with Crippen LogP contribution in [-0.2, 0) is 14.2 Å². The highest BCUT2D eigenvalue weighted by atomic mass is 31.2. The minimum atomic E-state index is -3.79. The summed E-state index contributed by atoms with van der Waals surface area (Å²) >= 11 is 0. The smallest absolute Gasteiger partial charge is 0.265 e. The van der Waals surface area contributed by atoms with E-state index in [9.17, 15) is 14.2 Å². The standard InChI is InChI=1S/C8H17N2O6P/c1-2-17(15,16)8(13)5-9-6-10(14)7(12)3-4-11/h9,11,14H,2-6H2,1H3,(H,15,16). The van der Waals surface area contributed by atoms with Gasteiger partial charge >= 0.3 is 0 Å². The Morgan fingerprint density at radius 2 is 2.00 bits per heavy atom. The Hall–Kier alpha value is -0.790. The van der Waals surface area contributed by atoms with Gasteiger partial charge in [0.15, 0.2) is 0 Å². The van der Waals surface area contributed by atoms with Gasteiger partial charge < -0.3 is 10.00 Å². The number of carbonyl (C=O) groups excluding carboxylic acids is 2. The first-order valence-electron chi connectivity index (χ1n) is 5.01. The molecule has 0 aliphatic heterocycles. The molecule has 1 atom stereocenters. The molecular weight excluding hydrogens is 251 g/mol. The summed E-state index contributed by atoms with van der Waals surface area (Å²) in [5.74, 6) is -0.713. The molecule has 1 unspecified atom stereocenters. The van der Waals surface area contributed by atoms with E-state index < -0.39 is 32.0 Å². The molecule has 0 saturated carbocycles. The zero-order valence-electron chi connectivity index (χ0n) is 9.50. The Balaban J connectivity index is 3.96. The van der Waals surface area contributed by atoms with Crippen LogP contribution in [0.25, 0.3) is 0 Å². The van der Waals surface area contributed by atoms with Gasteiger partial charge in [-0.1, -0.05) is 6.92 Å². The molecule has 0 fully saturated rings. The van der Waals surface area contributed by atoms with E-state index in [1.807, 2.05) is 0 Å². The van der Waals surface area contributed by atoms with Crippen molar-refractivity contribution in [2.75, 3.05) is 26.0 Å². The molecule has 0 heterocycles. The molecule has 0 spiro atoms. The van der Waals surface area contributed by atoms with Gasteiger partial charge in [-0.05, 0) is 0 Å². The van der Waals surface area contributed by atoms with Gasteiger partial charge in [0.25, 0.3) is 7.37 Å². The van der Waals surface area contributed by atoms with E-state index in [1.54, 1.807) is 0 Å². The maximum atomic E-state index is 11.2. The van der Waals surface area contributed by atoms with Crippen LogP contribution in [0.15, 0.2) is 0 Å². The van der Waals surface area contributed by atoms with E-state index in [0.29, 0.717) is 0 Å². The van der Waals surface area contributed by atoms with Crippen LogP contribution >= 0.6 is 7.37 Å². The van der Waals surface area contributed by atoms with Crippen LogP contribution < -0.4 is 5.32 Å². The Morgan fingerprint density at radius 1 is 1.41 bits per heavy atom. The summed E-state index contributed by atoms with van der Waals surface area (Å²) in [7, 11) is -3.79. The van der Waals surface area contributed by atoms with Crippen molar-refractivity contribution in [2.24, 2.45) is 0 Å². The van der Waals surface area contributed by atoms with Crippen molar-refractivity contribution in [3.63, 3.8) is 0 Å².